The number of hydrogen-bond acceptors (Lipinski definition) is 3. The third-order valence-electron chi connectivity index (χ3n) is 1.39. The number of hydrazine groups is 1. The van der Waals surface area contributed by atoms with Gasteiger partial charge in [-0.2, -0.15) is 0 Å². The van der Waals surface area contributed by atoms with Crippen LogP contribution in [0.15, 0.2) is 21.5 Å². The Bertz CT molecular complexity index is 440. The maximum absolute atomic E-state index is 13.0. The van der Waals surface area contributed by atoms with Gasteiger partial charge in [0.2, 0.25) is 0 Å². The molecular formula is C6H5BrF2N2O2S. The van der Waals surface area contributed by atoms with E-state index in [2.05, 4.69) is 15.9 Å². The lowest BCUT2D eigenvalue weighted by molar-refractivity contribution is 0.541. The number of halogens is 3. The highest BCUT2D eigenvalue weighted by atomic mass is 79.9. The third kappa shape index (κ3) is 2.08. The van der Waals surface area contributed by atoms with E-state index in [9.17, 15) is 17.2 Å². The predicted molar refractivity (Wildman–Crippen MR) is 48.6 cm³/mol. The topological polar surface area (TPSA) is 72.2 Å². The molecule has 8 heteroatoms. The summed E-state index contributed by atoms with van der Waals surface area (Å²) in [6.45, 7) is 0. The summed E-state index contributed by atoms with van der Waals surface area (Å²) in [5.41, 5.74) is 0. The lowest BCUT2D eigenvalue weighted by Crippen LogP contribution is -2.31. The third-order valence-corrected chi connectivity index (χ3v) is 3.54. The quantitative estimate of drug-likeness (QED) is 0.626. The van der Waals surface area contributed by atoms with Crippen LogP contribution in [0.4, 0.5) is 8.78 Å². The SMILES string of the molecule is NNS(=O)(=O)c1c(F)cc(F)cc1Br. The molecule has 0 fully saturated rings. The van der Waals surface area contributed by atoms with Crippen LogP contribution in [0, 0.1) is 11.6 Å². The zero-order valence-corrected chi connectivity index (χ0v) is 8.99. The molecule has 0 aromatic heterocycles. The van der Waals surface area contributed by atoms with Crippen LogP contribution in [0.2, 0.25) is 0 Å². The molecule has 1 aromatic rings. The first-order chi connectivity index (χ1) is 6.38. The van der Waals surface area contributed by atoms with Gasteiger partial charge in [0, 0.05) is 10.5 Å². The number of rotatable bonds is 2. The molecule has 14 heavy (non-hydrogen) atoms. The molecule has 78 valence electrons. The highest BCUT2D eigenvalue weighted by Crippen LogP contribution is 2.25. The molecule has 3 N–H and O–H groups in total. The maximum atomic E-state index is 13.0. The molecule has 0 aliphatic carbocycles. The van der Waals surface area contributed by atoms with Gasteiger partial charge in [0.05, 0.1) is 0 Å². The largest absolute Gasteiger partial charge is 0.257 e. The minimum atomic E-state index is -4.14. The molecular weight excluding hydrogens is 282 g/mol. The Kier molecular flexibility index (Phi) is 3.20. The van der Waals surface area contributed by atoms with Gasteiger partial charge in [0.25, 0.3) is 10.0 Å². The molecule has 1 aromatic carbocycles. The fraction of sp³-hybridized carbons (Fsp3) is 0. The van der Waals surface area contributed by atoms with Crippen molar-refractivity contribution >= 4 is 26.0 Å². The highest BCUT2D eigenvalue weighted by Gasteiger charge is 2.22. The Balaban J connectivity index is 3.51. The first-order valence-corrected chi connectivity index (χ1v) is 5.53. The Morgan fingerprint density at radius 3 is 2.36 bits per heavy atom. The molecule has 0 spiro atoms. The predicted octanol–water partition coefficient (Wildman–Crippen LogP) is 0.879. The Morgan fingerprint density at radius 1 is 1.36 bits per heavy atom. The van der Waals surface area contributed by atoms with Gasteiger partial charge in [-0.1, -0.05) is 0 Å². The van der Waals surface area contributed by atoms with E-state index in [1.165, 1.54) is 4.83 Å². The number of benzene rings is 1. The Hall–Kier alpha value is -0.570. The van der Waals surface area contributed by atoms with Crippen LogP contribution >= 0.6 is 15.9 Å². The van der Waals surface area contributed by atoms with Gasteiger partial charge < -0.3 is 0 Å². The second-order valence-corrected chi connectivity index (χ2v) is 4.83. The van der Waals surface area contributed by atoms with Crippen molar-refractivity contribution in [3.63, 3.8) is 0 Å². The van der Waals surface area contributed by atoms with Crippen LogP contribution in [0.1, 0.15) is 0 Å². The Morgan fingerprint density at radius 2 is 1.93 bits per heavy atom. The number of nitrogens with two attached hydrogens (primary N) is 1. The molecule has 0 aliphatic rings. The molecule has 0 unspecified atom stereocenters. The van der Waals surface area contributed by atoms with Gasteiger partial charge in [-0.25, -0.2) is 17.2 Å². The molecule has 0 atom stereocenters. The number of nitrogens with one attached hydrogen (secondary N) is 1. The van der Waals surface area contributed by atoms with Crippen molar-refractivity contribution in [3.8, 4) is 0 Å². The number of hydrogen-bond donors (Lipinski definition) is 2. The standard InChI is InChI=1S/C6H5BrF2N2O2S/c7-4-1-3(8)2-5(9)6(4)14(12,13)11-10/h1-2,11H,10H2. The van der Waals surface area contributed by atoms with Crippen LogP contribution < -0.4 is 10.7 Å². The van der Waals surface area contributed by atoms with Crippen LogP contribution in [-0.4, -0.2) is 8.42 Å². The monoisotopic (exact) mass is 286 g/mol. The van der Waals surface area contributed by atoms with Gasteiger partial charge in [0.15, 0.2) is 0 Å². The van der Waals surface area contributed by atoms with Gasteiger partial charge in [-0.15, -0.1) is 4.83 Å². The summed E-state index contributed by atoms with van der Waals surface area (Å²) < 4.78 is 47.7. The van der Waals surface area contributed by atoms with Crippen LogP contribution in [0.3, 0.4) is 0 Å². The second kappa shape index (κ2) is 3.89. The van der Waals surface area contributed by atoms with Crippen molar-refractivity contribution in [1.29, 1.82) is 0 Å². The molecule has 0 radical (unpaired) electrons. The molecule has 0 saturated carbocycles. The smallest absolute Gasteiger partial charge is 0.257 e. The van der Waals surface area contributed by atoms with E-state index < -0.39 is 26.6 Å². The summed E-state index contributed by atoms with van der Waals surface area (Å²) in [7, 11) is -4.14. The van der Waals surface area contributed by atoms with E-state index in [1.54, 1.807) is 0 Å². The summed E-state index contributed by atoms with van der Waals surface area (Å²) in [5.74, 6) is 2.60. The summed E-state index contributed by atoms with van der Waals surface area (Å²) >= 11 is 2.72. The van der Waals surface area contributed by atoms with E-state index in [-0.39, 0.29) is 4.47 Å². The normalized spacial score (nSPS) is 11.7. The zero-order valence-electron chi connectivity index (χ0n) is 6.59. The average molecular weight is 287 g/mol. The van der Waals surface area contributed by atoms with Gasteiger partial charge in [0.1, 0.15) is 16.5 Å². The first-order valence-electron chi connectivity index (χ1n) is 3.25. The van der Waals surface area contributed by atoms with Crippen molar-refractivity contribution in [2.24, 2.45) is 5.84 Å². The zero-order chi connectivity index (χ0) is 10.9. The van der Waals surface area contributed by atoms with Crippen molar-refractivity contribution in [2.75, 3.05) is 0 Å². The second-order valence-electron chi connectivity index (χ2n) is 2.32. The fourth-order valence-corrected chi connectivity index (χ4v) is 2.64. The first kappa shape index (κ1) is 11.5. The van der Waals surface area contributed by atoms with Gasteiger partial charge in [-0.05, 0) is 22.0 Å². The Labute approximate surface area is 87.3 Å². The van der Waals surface area contributed by atoms with Crippen molar-refractivity contribution in [1.82, 2.24) is 4.83 Å². The molecule has 0 amide bonds. The summed E-state index contributed by atoms with van der Waals surface area (Å²) in [6.07, 6.45) is 0. The molecule has 0 saturated heterocycles. The minimum absolute atomic E-state index is 0.229. The minimum Gasteiger partial charge on any atom is -0.257 e. The van der Waals surface area contributed by atoms with E-state index in [1.807, 2.05) is 0 Å². The van der Waals surface area contributed by atoms with Gasteiger partial charge >= 0.3 is 0 Å². The summed E-state index contributed by atoms with van der Waals surface area (Å²) in [6, 6.07) is 1.28. The van der Waals surface area contributed by atoms with Crippen molar-refractivity contribution < 1.29 is 17.2 Å². The van der Waals surface area contributed by atoms with E-state index in [0.29, 0.717) is 6.07 Å². The van der Waals surface area contributed by atoms with Crippen LogP contribution in [-0.2, 0) is 10.0 Å². The lowest BCUT2D eigenvalue weighted by Gasteiger charge is -2.05. The molecule has 4 nitrogen and oxygen atoms in total. The maximum Gasteiger partial charge on any atom is 0.257 e. The highest BCUT2D eigenvalue weighted by molar-refractivity contribution is 9.10. The average Bonchev–Trinajstić information content (AvgIpc) is 2.01. The van der Waals surface area contributed by atoms with Crippen LogP contribution in [0.5, 0.6) is 0 Å². The van der Waals surface area contributed by atoms with Crippen LogP contribution in [0.25, 0.3) is 0 Å². The summed E-state index contributed by atoms with van der Waals surface area (Å²) in [4.78, 5) is 0.718. The molecule has 0 bridgehead atoms. The van der Waals surface area contributed by atoms with E-state index in [4.69, 9.17) is 5.84 Å². The molecule has 0 aliphatic heterocycles. The fourth-order valence-electron chi connectivity index (χ4n) is 0.845. The molecule has 0 heterocycles. The summed E-state index contributed by atoms with van der Waals surface area (Å²) in [5, 5.41) is 0. The molecule has 1 rings (SSSR count). The van der Waals surface area contributed by atoms with E-state index in [0.717, 1.165) is 6.07 Å². The van der Waals surface area contributed by atoms with Gasteiger partial charge in [-0.3, -0.25) is 5.84 Å². The number of sulfonamides is 1. The van der Waals surface area contributed by atoms with E-state index >= 15 is 0 Å². The van der Waals surface area contributed by atoms with Crippen molar-refractivity contribution in [2.45, 2.75) is 4.90 Å². The lowest BCUT2D eigenvalue weighted by atomic mass is 10.3. The van der Waals surface area contributed by atoms with Crippen molar-refractivity contribution in [3.05, 3.63) is 28.2 Å².